The Hall–Kier alpha value is -1.33. The number of phenolic OH excluding ortho intramolecular Hbond substituents is 1. The van der Waals surface area contributed by atoms with E-state index in [0.29, 0.717) is 12.2 Å². The number of rotatable bonds is 3. The number of aldehydes is 1. The molecular formula is C17H14Br2O3. The average molecular weight is 426 g/mol. The second kappa shape index (κ2) is 5.70. The lowest BCUT2D eigenvalue weighted by Gasteiger charge is -2.23. The monoisotopic (exact) mass is 424 g/mol. The predicted molar refractivity (Wildman–Crippen MR) is 92.6 cm³/mol. The first-order valence-corrected chi connectivity index (χ1v) is 8.54. The Bertz CT molecular complexity index is 727. The molecule has 0 spiro atoms. The normalized spacial score (nSPS) is 23.0. The largest absolute Gasteiger partial charge is 0.508 e. The van der Waals surface area contributed by atoms with E-state index < -0.39 is 4.32 Å². The maximum Gasteiger partial charge on any atom is 0.146 e. The summed E-state index contributed by atoms with van der Waals surface area (Å²) < 4.78 is 5.97. The molecule has 0 amide bonds. The first-order valence-electron chi connectivity index (χ1n) is 6.95. The van der Waals surface area contributed by atoms with Crippen LogP contribution < -0.4 is 4.74 Å². The van der Waals surface area contributed by atoms with Gasteiger partial charge in [0.2, 0.25) is 0 Å². The molecule has 22 heavy (non-hydrogen) atoms. The van der Waals surface area contributed by atoms with E-state index >= 15 is 0 Å². The number of fused-ring (bicyclic) bond motifs is 1. The fraction of sp³-hybridized carbons (Fsp3) is 0.235. The molecule has 0 radical (unpaired) electrons. The van der Waals surface area contributed by atoms with Crippen LogP contribution in [0.4, 0.5) is 0 Å². The number of ether oxygens (including phenoxy) is 1. The quantitative estimate of drug-likeness (QED) is 0.568. The van der Waals surface area contributed by atoms with Gasteiger partial charge in [0, 0.05) is 15.6 Å². The highest BCUT2D eigenvalue weighted by molar-refractivity contribution is 9.10. The van der Waals surface area contributed by atoms with Crippen LogP contribution in [0.3, 0.4) is 0 Å². The molecule has 1 heterocycles. The van der Waals surface area contributed by atoms with E-state index in [0.717, 1.165) is 27.4 Å². The van der Waals surface area contributed by atoms with Crippen LogP contribution in [-0.4, -0.2) is 17.5 Å². The first kappa shape index (κ1) is 15.6. The van der Waals surface area contributed by atoms with Gasteiger partial charge in [-0.15, -0.1) is 0 Å². The summed E-state index contributed by atoms with van der Waals surface area (Å²) in [6, 6.07) is 10.7. The Morgan fingerprint density at radius 1 is 1.27 bits per heavy atom. The third kappa shape index (κ3) is 2.27. The smallest absolute Gasteiger partial charge is 0.146 e. The Balaban J connectivity index is 2.28. The molecule has 1 N–H and O–H groups in total. The minimum Gasteiger partial charge on any atom is -0.508 e. The molecule has 114 valence electrons. The van der Waals surface area contributed by atoms with Gasteiger partial charge in [-0.2, -0.15) is 0 Å². The highest BCUT2D eigenvalue weighted by Gasteiger charge is 2.48. The minimum absolute atomic E-state index is 0.204. The summed E-state index contributed by atoms with van der Waals surface area (Å²) in [5.74, 6) is 0.915. The number of hydrogen-bond donors (Lipinski definition) is 1. The van der Waals surface area contributed by atoms with E-state index in [9.17, 15) is 9.90 Å². The van der Waals surface area contributed by atoms with Gasteiger partial charge in [0.25, 0.3) is 0 Å². The maximum atomic E-state index is 11.8. The molecule has 0 saturated heterocycles. The summed E-state index contributed by atoms with van der Waals surface area (Å²) in [6.07, 6.45) is 1.37. The second-order valence-corrected chi connectivity index (χ2v) is 7.41. The lowest BCUT2D eigenvalue weighted by Crippen LogP contribution is -2.33. The highest BCUT2D eigenvalue weighted by atomic mass is 79.9. The molecule has 1 aliphatic rings. The van der Waals surface area contributed by atoms with Crippen molar-refractivity contribution in [3.63, 3.8) is 0 Å². The van der Waals surface area contributed by atoms with Crippen LogP contribution in [0.5, 0.6) is 11.5 Å². The number of phenols is 1. The second-order valence-electron chi connectivity index (χ2n) is 5.24. The van der Waals surface area contributed by atoms with E-state index in [2.05, 4.69) is 31.9 Å². The molecule has 3 rings (SSSR count). The highest BCUT2D eigenvalue weighted by Crippen LogP contribution is 2.53. The number of carbonyl (C=O) groups excluding carboxylic acids is 1. The van der Waals surface area contributed by atoms with Crippen LogP contribution >= 0.6 is 31.9 Å². The van der Waals surface area contributed by atoms with Crippen LogP contribution in [0.15, 0.2) is 40.9 Å². The van der Waals surface area contributed by atoms with Crippen molar-refractivity contribution in [1.29, 1.82) is 0 Å². The van der Waals surface area contributed by atoms with Crippen molar-refractivity contribution in [3.05, 3.63) is 46.4 Å². The molecule has 1 aliphatic heterocycles. The van der Waals surface area contributed by atoms with Gasteiger partial charge >= 0.3 is 0 Å². The maximum absolute atomic E-state index is 11.8. The zero-order valence-electron chi connectivity index (χ0n) is 11.8. The SMILES string of the molecule is CCC1Oc2ccc(Br)c(-c3ccc(O)cc3)c2C1(Br)C=O. The molecule has 0 aliphatic carbocycles. The molecule has 0 fully saturated rings. The van der Waals surface area contributed by atoms with E-state index in [1.807, 2.05) is 31.2 Å². The van der Waals surface area contributed by atoms with Crippen molar-refractivity contribution in [2.75, 3.05) is 0 Å². The summed E-state index contributed by atoms with van der Waals surface area (Å²) in [4.78, 5) is 11.8. The fourth-order valence-electron chi connectivity index (χ4n) is 2.86. The molecule has 0 bridgehead atoms. The van der Waals surface area contributed by atoms with Gasteiger partial charge in [0.15, 0.2) is 0 Å². The molecule has 2 aromatic rings. The van der Waals surface area contributed by atoms with Crippen LogP contribution in [0.1, 0.15) is 18.9 Å². The van der Waals surface area contributed by atoms with Gasteiger partial charge in [0.1, 0.15) is 28.2 Å². The van der Waals surface area contributed by atoms with Crippen molar-refractivity contribution < 1.29 is 14.6 Å². The summed E-state index contributed by atoms with van der Waals surface area (Å²) in [6.45, 7) is 1.99. The summed E-state index contributed by atoms with van der Waals surface area (Å²) >= 11 is 7.18. The lowest BCUT2D eigenvalue weighted by molar-refractivity contribution is -0.111. The Labute approximate surface area is 145 Å². The molecule has 2 unspecified atom stereocenters. The van der Waals surface area contributed by atoms with E-state index in [1.165, 1.54) is 0 Å². The van der Waals surface area contributed by atoms with Crippen molar-refractivity contribution in [3.8, 4) is 22.6 Å². The molecule has 0 aromatic heterocycles. The zero-order chi connectivity index (χ0) is 15.9. The number of benzene rings is 2. The van der Waals surface area contributed by atoms with Gasteiger partial charge in [-0.05, 0) is 36.2 Å². The van der Waals surface area contributed by atoms with E-state index in [1.54, 1.807) is 12.1 Å². The van der Waals surface area contributed by atoms with Crippen molar-refractivity contribution >= 4 is 38.1 Å². The summed E-state index contributed by atoms with van der Waals surface area (Å²) in [5.41, 5.74) is 2.64. The molecule has 2 aromatic carbocycles. The minimum atomic E-state index is -0.867. The van der Waals surface area contributed by atoms with Crippen molar-refractivity contribution in [2.45, 2.75) is 23.8 Å². The molecule has 5 heteroatoms. The van der Waals surface area contributed by atoms with Crippen LogP contribution in [0.25, 0.3) is 11.1 Å². The van der Waals surface area contributed by atoms with E-state index in [4.69, 9.17) is 4.74 Å². The number of aromatic hydroxyl groups is 1. The van der Waals surface area contributed by atoms with Crippen LogP contribution in [0, 0.1) is 0 Å². The van der Waals surface area contributed by atoms with Gasteiger partial charge in [-0.1, -0.05) is 50.9 Å². The molecule has 0 saturated carbocycles. The Morgan fingerprint density at radius 2 is 1.95 bits per heavy atom. The summed E-state index contributed by atoms with van der Waals surface area (Å²) in [7, 11) is 0. The third-order valence-electron chi connectivity index (χ3n) is 3.94. The fourth-order valence-corrected chi connectivity index (χ4v) is 4.23. The van der Waals surface area contributed by atoms with Gasteiger partial charge in [0.05, 0.1) is 0 Å². The standard InChI is InChI=1S/C17H14Br2O3/c1-2-14-17(19,9-20)16-13(22-14)8-7-12(18)15(16)10-3-5-11(21)6-4-10/h3-9,14,21H,2H2,1H3. The Morgan fingerprint density at radius 3 is 2.55 bits per heavy atom. The van der Waals surface area contributed by atoms with Crippen molar-refractivity contribution in [2.24, 2.45) is 0 Å². The van der Waals surface area contributed by atoms with Crippen LogP contribution in [-0.2, 0) is 9.12 Å². The average Bonchev–Trinajstić information content (AvgIpc) is 2.82. The molecular weight excluding hydrogens is 412 g/mol. The lowest BCUT2D eigenvalue weighted by atomic mass is 9.88. The third-order valence-corrected chi connectivity index (χ3v) is 5.69. The number of halogens is 2. The van der Waals surface area contributed by atoms with Gasteiger partial charge < -0.3 is 14.6 Å². The number of carbonyl (C=O) groups is 1. The van der Waals surface area contributed by atoms with Crippen molar-refractivity contribution in [1.82, 2.24) is 0 Å². The molecule has 2 atom stereocenters. The number of alkyl halides is 1. The first-order chi connectivity index (χ1) is 10.5. The van der Waals surface area contributed by atoms with Gasteiger partial charge in [-0.25, -0.2) is 0 Å². The molecule has 3 nitrogen and oxygen atoms in total. The van der Waals surface area contributed by atoms with Crippen LogP contribution in [0.2, 0.25) is 0 Å². The Kier molecular flexibility index (Phi) is 4.03. The van der Waals surface area contributed by atoms with E-state index in [-0.39, 0.29) is 11.9 Å². The summed E-state index contributed by atoms with van der Waals surface area (Å²) in [5, 5.41) is 9.49. The zero-order valence-corrected chi connectivity index (χ0v) is 15.0. The van der Waals surface area contributed by atoms with Gasteiger partial charge in [-0.3, -0.25) is 0 Å². The number of hydrogen-bond acceptors (Lipinski definition) is 3. The topological polar surface area (TPSA) is 46.5 Å². The predicted octanol–water partition coefficient (Wildman–Crippen LogP) is 4.78.